The highest BCUT2D eigenvalue weighted by Gasteiger charge is 2.29. The van der Waals surface area contributed by atoms with Crippen LogP contribution in [0.15, 0.2) is 35.2 Å². The maximum atomic E-state index is 13.0. The van der Waals surface area contributed by atoms with Gasteiger partial charge >= 0.3 is 5.97 Å². The standard InChI is InChI=1S/C24H30ClNO5S/c1-16-12-19(24(3,4)5)13-17(2)20(16)15-31-23(27)18-6-7-21(25)22(14-18)32(28,29)26-8-10-30-11-9-26/h6-7,12-14H,8-11,15H2,1-5H3. The first-order valence-electron chi connectivity index (χ1n) is 10.6. The van der Waals surface area contributed by atoms with Crippen molar-refractivity contribution in [2.24, 2.45) is 0 Å². The van der Waals surface area contributed by atoms with E-state index < -0.39 is 16.0 Å². The molecule has 8 heteroatoms. The highest BCUT2D eigenvalue weighted by atomic mass is 35.5. The van der Waals surface area contributed by atoms with Crippen molar-refractivity contribution < 1.29 is 22.7 Å². The highest BCUT2D eigenvalue weighted by Crippen LogP contribution is 2.29. The lowest BCUT2D eigenvalue weighted by Gasteiger charge is -2.26. The van der Waals surface area contributed by atoms with Gasteiger partial charge in [-0.2, -0.15) is 4.31 Å². The van der Waals surface area contributed by atoms with Gasteiger partial charge in [-0.05, 0) is 59.7 Å². The maximum Gasteiger partial charge on any atom is 0.338 e. The first kappa shape index (κ1) is 24.7. The molecule has 0 aromatic heterocycles. The van der Waals surface area contributed by atoms with E-state index in [9.17, 15) is 13.2 Å². The number of carbonyl (C=O) groups is 1. The molecule has 0 spiro atoms. The van der Waals surface area contributed by atoms with Gasteiger partial charge in [0.05, 0.1) is 23.8 Å². The van der Waals surface area contributed by atoms with Crippen molar-refractivity contribution in [3.63, 3.8) is 0 Å². The van der Waals surface area contributed by atoms with Gasteiger partial charge in [0, 0.05) is 13.1 Å². The Morgan fingerprint density at radius 2 is 1.69 bits per heavy atom. The van der Waals surface area contributed by atoms with E-state index in [4.69, 9.17) is 21.1 Å². The molecular formula is C24H30ClNO5S. The van der Waals surface area contributed by atoms with Crippen molar-refractivity contribution in [3.8, 4) is 0 Å². The number of sulfonamides is 1. The summed E-state index contributed by atoms with van der Waals surface area (Å²) in [5.41, 5.74) is 4.43. The molecule has 0 radical (unpaired) electrons. The van der Waals surface area contributed by atoms with Gasteiger partial charge in [0.2, 0.25) is 10.0 Å². The molecule has 0 unspecified atom stereocenters. The third kappa shape index (κ3) is 5.34. The second-order valence-electron chi connectivity index (χ2n) is 9.08. The van der Waals surface area contributed by atoms with E-state index in [1.165, 1.54) is 28.1 Å². The molecule has 0 amide bonds. The number of morpholine rings is 1. The summed E-state index contributed by atoms with van der Waals surface area (Å²) < 4.78 is 38.1. The lowest BCUT2D eigenvalue weighted by atomic mass is 9.84. The molecule has 1 aliphatic heterocycles. The van der Waals surface area contributed by atoms with Gasteiger partial charge in [0.15, 0.2) is 0 Å². The van der Waals surface area contributed by atoms with Gasteiger partial charge in [-0.1, -0.05) is 44.5 Å². The van der Waals surface area contributed by atoms with Gasteiger partial charge in [0.1, 0.15) is 11.5 Å². The van der Waals surface area contributed by atoms with E-state index in [-0.39, 0.29) is 40.6 Å². The highest BCUT2D eigenvalue weighted by molar-refractivity contribution is 7.89. The van der Waals surface area contributed by atoms with Crippen LogP contribution in [0, 0.1) is 13.8 Å². The molecule has 174 valence electrons. The minimum atomic E-state index is -3.83. The van der Waals surface area contributed by atoms with Crippen LogP contribution in [-0.4, -0.2) is 45.0 Å². The Labute approximate surface area is 195 Å². The summed E-state index contributed by atoms with van der Waals surface area (Å²) in [6.07, 6.45) is 0. The van der Waals surface area contributed by atoms with Crippen LogP contribution < -0.4 is 0 Å². The van der Waals surface area contributed by atoms with Crippen LogP contribution >= 0.6 is 11.6 Å². The van der Waals surface area contributed by atoms with Crippen LogP contribution in [0.2, 0.25) is 5.02 Å². The minimum absolute atomic E-state index is 0.0242. The Bertz CT molecular complexity index is 1090. The number of rotatable bonds is 5. The van der Waals surface area contributed by atoms with Crippen molar-refractivity contribution >= 4 is 27.6 Å². The van der Waals surface area contributed by atoms with Gasteiger partial charge in [-0.3, -0.25) is 0 Å². The third-order valence-electron chi connectivity index (χ3n) is 5.66. The van der Waals surface area contributed by atoms with E-state index in [0.29, 0.717) is 13.2 Å². The quantitative estimate of drug-likeness (QED) is 0.584. The Balaban J connectivity index is 1.80. The summed E-state index contributed by atoms with van der Waals surface area (Å²) in [4.78, 5) is 12.6. The predicted molar refractivity (Wildman–Crippen MR) is 125 cm³/mol. The van der Waals surface area contributed by atoms with E-state index >= 15 is 0 Å². The van der Waals surface area contributed by atoms with Crippen molar-refractivity contribution in [3.05, 3.63) is 63.2 Å². The molecule has 1 aliphatic rings. The van der Waals surface area contributed by atoms with Crippen LogP contribution in [0.4, 0.5) is 0 Å². The zero-order chi connectivity index (χ0) is 23.7. The fraction of sp³-hybridized carbons (Fsp3) is 0.458. The van der Waals surface area contributed by atoms with Crippen molar-refractivity contribution in [1.29, 1.82) is 0 Å². The summed E-state index contributed by atoms with van der Waals surface area (Å²) in [6, 6.07) is 8.42. The number of carbonyl (C=O) groups excluding carboxylic acids is 1. The second-order valence-corrected chi connectivity index (χ2v) is 11.4. The van der Waals surface area contributed by atoms with Gasteiger partial charge in [0.25, 0.3) is 0 Å². The van der Waals surface area contributed by atoms with E-state index in [1.54, 1.807) is 0 Å². The molecule has 1 saturated heterocycles. The van der Waals surface area contributed by atoms with E-state index in [2.05, 4.69) is 32.9 Å². The van der Waals surface area contributed by atoms with E-state index in [1.807, 2.05) is 13.8 Å². The predicted octanol–water partition coefficient (Wildman–Crippen LogP) is 4.63. The Kier molecular flexibility index (Phi) is 7.34. The smallest absolute Gasteiger partial charge is 0.338 e. The molecule has 0 saturated carbocycles. The van der Waals surface area contributed by atoms with Crippen molar-refractivity contribution in [2.45, 2.75) is 51.5 Å². The fourth-order valence-electron chi connectivity index (χ4n) is 3.63. The number of esters is 1. The molecule has 1 fully saturated rings. The maximum absolute atomic E-state index is 13.0. The van der Waals surface area contributed by atoms with Gasteiger partial charge in [-0.15, -0.1) is 0 Å². The SMILES string of the molecule is Cc1cc(C(C)(C)C)cc(C)c1COC(=O)c1ccc(Cl)c(S(=O)(=O)N2CCOCC2)c1. The van der Waals surface area contributed by atoms with Crippen molar-refractivity contribution in [2.75, 3.05) is 26.3 Å². The van der Waals surface area contributed by atoms with Crippen LogP contribution in [0.5, 0.6) is 0 Å². The lowest BCUT2D eigenvalue weighted by Crippen LogP contribution is -2.40. The second kappa shape index (κ2) is 9.51. The largest absolute Gasteiger partial charge is 0.457 e. The van der Waals surface area contributed by atoms with Gasteiger partial charge in [-0.25, -0.2) is 13.2 Å². The average Bonchev–Trinajstić information content (AvgIpc) is 2.73. The minimum Gasteiger partial charge on any atom is -0.457 e. The molecular weight excluding hydrogens is 450 g/mol. The molecule has 1 heterocycles. The van der Waals surface area contributed by atoms with Crippen LogP contribution in [-0.2, 0) is 31.5 Å². The summed E-state index contributed by atoms with van der Waals surface area (Å²) in [5, 5.41) is 0.0671. The molecule has 32 heavy (non-hydrogen) atoms. The number of hydrogen-bond acceptors (Lipinski definition) is 5. The number of halogens is 1. The molecule has 2 aromatic rings. The van der Waals surface area contributed by atoms with Crippen LogP contribution in [0.3, 0.4) is 0 Å². The Morgan fingerprint density at radius 1 is 1.09 bits per heavy atom. The molecule has 3 rings (SSSR count). The summed E-state index contributed by atoms with van der Waals surface area (Å²) in [5.74, 6) is -0.598. The molecule has 2 aromatic carbocycles. The lowest BCUT2D eigenvalue weighted by molar-refractivity contribution is 0.0471. The molecule has 0 aliphatic carbocycles. The van der Waals surface area contributed by atoms with Crippen molar-refractivity contribution in [1.82, 2.24) is 4.31 Å². The first-order chi connectivity index (χ1) is 14.9. The normalized spacial score (nSPS) is 15.6. The molecule has 0 N–H and O–H groups in total. The Morgan fingerprint density at radius 3 is 2.25 bits per heavy atom. The van der Waals surface area contributed by atoms with Gasteiger partial charge < -0.3 is 9.47 Å². The van der Waals surface area contributed by atoms with Crippen LogP contribution in [0.25, 0.3) is 0 Å². The molecule has 6 nitrogen and oxygen atoms in total. The van der Waals surface area contributed by atoms with Crippen LogP contribution in [0.1, 0.15) is 53.4 Å². The number of hydrogen-bond donors (Lipinski definition) is 0. The fourth-order valence-corrected chi connectivity index (χ4v) is 5.54. The zero-order valence-electron chi connectivity index (χ0n) is 19.2. The Hall–Kier alpha value is -1.93. The number of nitrogens with zero attached hydrogens (tertiary/aromatic N) is 1. The number of benzene rings is 2. The topological polar surface area (TPSA) is 72.9 Å². The zero-order valence-corrected chi connectivity index (χ0v) is 20.8. The van der Waals surface area contributed by atoms with E-state index in [0.717, 1.165) is 16.7 Å². The summed E-state index contributed by atoms with van der Waals surface area (Å²) in [6.45, 7) is 11.7. The monoisotopic (exact) mass is 479 g/mol. The summed E-state index contributed by atoms with van der Waals surface area (Å²) >= 11 is 6.18. The average molecular weight is 480 g/mol. The molecule has 0 atom stereocenters. The number of aryl methyl sites for hydroxylation is 2. The molecule has 0 bridgehead atoms. The first-order valence-corrected chi connectivity index (χ1v) is 12.4. The third-order valence-corrected chi connectivity index (χ3v) is 8.04. The number of ether oxygens (including phenoxy) is 2. The summed E-state index contributed by atoms with van der Waals surface area (Å²) in [7, 11) is -3.83.